The first-order chi connectivity index (χ1) is 9.87. The summed E-state index contributed by atoms with van der Waals surface area (Å²) in [5.74, 6) is -3.24. The van der Waals surface area contributed by atoms with Crippen LogP contribution >= 0.6 is 0 Å². The van der Waals surface area contributed by atoms with Gasteiger partial charge in [-0.15, -0.1) is 0 Å². The fraction of sp³-hybridized carbons (Fsp3) is 0.308. The van der Waals surface area contributed by atoms with E-state index in [1.807, 2.05) is 0 Å². The van der Waals surface area contributed by atoms with Gasteiger partial charge in [-0.25, -0.2) is 22.0 Å². The van der Waals surface area contributed by atoms with E-state index in [1.54, 1.807) is 0 Å². The summed E-state index contributed by atoms with van der Waals surface area (Å²) in [6.07, 6.45) is 0.990. The Balaban J connectivity index is 2.63. The van der Waals surface area contributed by atoms with Crippen LogP contribution in [0.25, 0.3) is 0 Å². The Morgan fingerprint density at radius 2 is 2.05 bits per heavy atom. The third kappa shape index (κ3) is 2.90. The molecule has 1 aliphatic heterocycles. The summed E-state index contributed by atoms with van der Waals surface area (Å²) in [6.45, 7) is 0.511. The lowest BCUT2D eigenvalue weighted by molar-refractivity contribution is -0.135. The molecule has 0 atom stereocenters. The van der Waals surface area contributed by atoms with E-state index in [9.17, 15) is 22.0 Å². The van der Waals surface area contributed by atoms with Gasteiger partial charge >= 0.3 is 5.97 Å². The predicted octanol–water partition coefficient (Wildman–Crippen LogP) is 1.51. The molecule has 0 bridgehead atoms. The molecule has 5 nitrogen and oxygen atoms in total. The van der Waals surface area contributed by atoms with Gasteiger partial charge in [-0.3, -0.25) is 0 Å². The molecular weight excluding hydrogens is 304 g/mol. The fourth-order valence-electron chi connectivity index (χ4n) is 2.08. The van der Waals surface area contributed by atoms with Gasteiger partial charge in [0.25, 0.3) is 0 Å². The summed E-state index contributed by atoms with van der Waals surface area (Å²) < 4.78 is 56.1. The van der Waals surface area contributed by atoms with Crippen LogP contribution in [0.4, 0.5) is 8.78 Å². The van der Waals surface area contributed by atoms with E-state index in [1.165, 1.54) is 0 Å². The van der Waals surface area contributed by atoms with Crippen molar-refractivity contribution in [1.82, 2.24) is 5.32 Å². The van der Waals surface area contributed by atoms with Gasteiger partial charge in [0.05, 0.1) is 7.11 Å². The van der Waals surface area contributed by atoms with E-state index in [0.29, 0.717) is 25.5 Å². The van der Waals surface area contributed by atoms with Crippen molar-refractivity contribution in [3.05, 3.63) is 40.4 Å². The summed E-state index contributed by atoms with van der Waals surface area (Å²) >= 11 is 0. The minimum atomic E-state index is -4.44. The second-order valence-electron chi connectivity index (χ2n) is 4.41. The number of hydrogen-bond donors (Lipinski definition) is 1. The second kappa shape index (κ2) is 5.80. The zero-order chi connectivity index (χ0) is 15.6. The normalized spacial score (nSPS) is 17.3. The molecular formula is C13H13F2NO4S. The first kappa shape index (κ1) is 15.4. The largest absolute Gasteiger partial charge is 0.465 e. The second-order valence-corrected chi connectivity index (χ2v) is 6.26. The van der Waals surface area contributed by atoms with Crippen molar-refractivity contribution in [1.29, 1.82) is 0 Å². The van der Waals surface area contributed by atoms with Crippen LogP contribution in [0.2, 0.25) is 0 Å². The molecule has 0 amide bonds. The Kier molecular flexibility index (Phi) is 4.26. The van der Waals surface area contributed by atoms with Crippen LogP contribution in [0.1, 0.15) is 12.8 Å². The van der Waals surface area contributed by atoms with Gasteiger partial charge in [-0.05, 0) is 25.0 Å². The van der Waals surface area contributed by atoms with Gasteiger partial charge in [-0.1, -0.05) is 0 Å². The van der Waals surface area contributed by atoms with Crippen molar-refractivity contribution in [2.45, 2.75) is 17.7 Å². The van der Waals surface area contributed by atoms with Gasteiger partial charge in [0.15, 0.2) is 4.91 Å². The lowest BCUT2D eigenvalue weighted by Crippen LogP contribution is -2.22. The zero-order valence-corrected chi connectivity index (χ0v) is 12.0. The Labute approximate surface area is 120 Å². The molecule has 1 aliphatic rings. The van der Waals surface area contributed by atoms with Crippen molar-refractivity contribution >= 4 is 15.8 Å². The molecule has 21 heavy (non-hydrogen) atoms. The molecule has 114 valence electrons. The van der Waals surface area contributed by atoms with E-state index < -0.39 is 37.2 Å². The van der Waals surface area contributed by atoms with E-state index in [2.05, 4.69) is 10.1 Å². The molecule has 0 aliphatic carbocycles. The number of methoxy groups -OCH3 is 1. The van der Waals surface area contributed by atoms with Crippen molar-refractivity contribution < 1.29 is 26.7 Å². The predicted molar refractivity (Wildman–Crippen MR) is 69.8 cm³/mol. The van der Waals surface area contributed by atoms with Crippen LogP contribution < -0.4 is 5.32 Å². The number of nitrogens with one attached hydrogen (secondary N) is 1. The highest BCUT2D eigenvalue weighted by Gasteiger charge is 2.34. The average molecular weight is 317 g/mol. The maximum atomic E-state index is 13.7. The number of benzene rings is 1. The molecule has 2 rings (SSSR count). The smallest absolute Gasteiger partial charge is 0.351 e. The number of rotatable bonds is 3. The summed E-state index contributed by atoms with van der Waals surface area (Å²) in [5, 5.41) is 2.78. The van der Waals surface area contributed by atoms with Gasteiger partial charge in [0, 0.05) is 18.3 Å². The molecule has 0 spiro atoms. The van der Waals surface area contributed by atoms with Gasteiger partial charge in [0.1, 0.15) is 16.5 Å². The van der Waals surface area contributed by atoms with Crippen LogP contribution in [-0.2, 0) is 19.4 Å². The number of allylic oxidation sites excluding steroid dienone is 1. The maximum absolute atomic E-state index is 13.7. The maximum Gasteiger partial charge on any atom is 0.351 e. The van der Waals surface area contributed by atoms with E-state index in [4.69, 9.17) is 0 Å². The van der Waals surface area contributed by atoms with E-state index >= 15 is 0 Å². The van der Waals surface area contributed by atoms with E-state index in [0.717, 1.165) is 19.2 Å². The van der Waals surface area contributed by atoms with Crippen molar-refractivity contribution in [2.75, 3.05) is 13.7 Å². The molecule has 0 aromatic heterocycles. The highest BCUT2D eigenvalue weighted by Crippen LogP contribution is 2.28. The van der Waals surface area contributed by atoms with Gasteiger partial charge in [0.2, 0.25) is 9.84 Å². The molecule has 1 heterocycles. The first-order valence-electron chi connectivity index (χ1n) is 6.13. The lowest BCUT2D eigenvalue weighted by Gasteiger charge is -2.11. The van der Waals surface area contributed by atoms with Crippen LogP contribution in [0.15, 0.2) is 33.7 Å². The molecule has 0 radical (unpaired) electrons. The molecule has 8 heteroatoms. The minimum Gasteiger partial charge on any atom is -0.465 e. The quantitative estimate of drug-likeness (QED) is 0.520. The number of carbonyl (C=O) groups excluding carboxylic acids is 1. The molecule has 1 aromatic carbocycles. The SMILES string of the molecule is COC(=O)/C(=C1\CCCN1)S(=O)(=O)c1ccc(F)cc1F. The van der Waals surface area contributed by atoms with Crippen LogP contribution in [-0.4, -0.2) is 28.0 Å². The number of halogens is 2. The number of esters is 1. The summed E-state index contributed by atoms with van der Waals surface area (Å²) in [4.78, 5) is 10.4. The lowest BCUT2D eigenvalue weighted by atomic mass is 10.3. The Morgan fingerprint density at radius 3 is 2.57 bits per heavy atom. The fourth-order valence-corrected chi connectivity index (χ4v) is 3.66. The van der Waals surface area contributed by atoms with Gasteiger partial charge < -0.3 is 10.1 Å². The van der Waals surface area contributed by atoms with E-state index in [-0.39, 0.29) is 5.70 Å². The van der Waals surface area contributed by atoms with Gasteiger partial charge in [-0.2, -0.15) is 0 Å². The highest BCUT2D eigenvalue weighted by molar-refractivity contribution is 7.96. The number of hydrogen-bond acceptors (Lipinski definition) is 5. The summed E-state index contributed by atoms with van der Waals surface area (Å²) in [5.41, 5.74) is 0.186. The molecule has 0 saturated carbocycles. The molecule has 1 aromatic rings. The van der Waals surface area contributed by atoms with Crippen molar-refractivity contribution in [3.8, 4) is 0 Å². The van der Waals surface area contributed by atoms with Crippen LogP contribution in [0, 0.1) is 11.6 Å². The third-order valence-electron chi connectivity index (χ3n) is 3.04. The van der Waals surface area contributed by atoms with Crippen LogP contribution in [0.3, 0.4) is 0 Å². The van der Waals surface area contributed by atoms with Crippen LogP contribution in [0.5, 0.6) is 0 Å². The minimum absolute atomic E-state index is 0.186. The Morgan fingerprint density at radius 1 is 1.33 bits per heavy atom. The standard InChI is InChI=1S/C13H13F2NO4S/c1-20-13(17)12(10-3-2-6-16-10)21(18,19)11-5-4-8(14)7-9(11)15/h4-5,7,16H,2-3,6H2,1H3/b12-10-. The van der Waals surface area contributed by atoms with Crippen molar-refractivity contribution in [2.24, 2.45) is 0 Å². The zero-order valence-electron chi connectivity index (χ0n) is 11.2. The molecule has 0 unspecified atom stereocenters. The Bertz CT molecular complexity index is 705. The number of sulfone groups is 1. The average Bonchev–Trinajstić information content (AvgIpc) is 2.91. The molecule has 1 N–H and O–H groups in total. The van der Waals surface area contributed by atoms with Crippen molar-refractivity contribution in [3.63, 3.8) is 0 Å². The topological polar surface area (TPSA) is 72.5 Å². The summed E-state index contributed by atoms with van der Waals surface area (Å²) in [7, 11) is -3.41. The summed E-state index contributed by atoms with van der Waals surface area (Å²) in [6, 6.07) is 2.06. The monoisotopic (exact) mass is 317 g/mol. The Hall–Kier alpha value is -1.96. The molecule has 1 fully saturated rings. The first-order valence-corrected chi connectivity index (χ1v) is 7.61. The number of carbonyl (C=O) groups is 1. The molecule has 1 saturated heterocycles. The highest BCUT2D eigenvalue weighted by atomic mass is 32.2. The number of ether oxygens (including phenoxy) is 1. The third-order valence-corrected chi connectivity index (χ3v) is 4.90.